The first-order chi connectivity index (χ1) is 8.34. The van der Waals surface area contributed by atoms with Crippen molar-refractivity contribution in [2.45, 2.75) is 38.6 Å². The van der Waals surface area contributed by atoms with Crippen LogP contribution < -0.4 is 0 Å². The van der Waals surface area contributed by atoms with Gasteiger partial charge in [-0.15, -0.1) is 0 Å². The number of carbonyl (C=O) groups excluding carboxylic acids is 1. The van der Waals surface area contributed by atoms with Crippen molar-refractivity contribution in [1.82, 2.24) is 9.80 Å². The van der Waals surface area contributed by atoms with Gasteiger partial charge in [-0.3, -0.25) is 4.79 Å². The van der Waals surface area contributed by atoms with E-state index in [-0.39, 0.29) is 17.4 Å². The van der Waals surface area contributed by atoms with Crippen LogP contribution >= 0.6 is 0 Å². The van der Waals surface area contributed by atoms with Gasteiger partial charge in [-0.1, -0.05) is 13.8 Å². The first-order valence-electron chi connectivity index (χ1n) is 6.66. The lowest BCUT2D eigenvalue weighted by molar-refractivity contribution is -0.136. The molecule has 1 atom stereocenters. The van der Waals surface area contributed by atoms with Gasteiger partial charge in [0, 0.05) is 19.1 Å². The molecule has 102 valence electrons. The lowest BCUT2D eigenvalue weighted by Crippen LogP contribution is -2.58. The maximum absolute atomic E-state index is 12.2. The third kappa shape index (κ3) is 2.84. The lowest BCUT2D eigenvalue weighted by Gasteiger charge is -2.49. The number of amides is 1. The van der Waals surface area contributed by atoms with Crippen LogP contribution in [0.25, 0.3) is 0 Å². The summed E-state index contributed by atoms with van der Waals surface area (Å²) in [6.07, 6.45) is 3.50. The van der Waals surface area contributed by atoms with Gasteiger partial charge in [0.25, 0.3) is 0 Å². The second-order valence-corrected chi connectivity index (χ2v) is 6.02. The summed E-state index contributed by atoms with van der Waals surface area (Å²) >= 11 is 0. The molecule has 1 fully saturated rings. The molecule has 0 N–H and O–H groups in total. The Morgan fingerprint density at radius 2 is 1.89 bits per heavy atom. The first-order valence-corrected chi connectivity index (χ1v) is 6.66. The molecule has 1 aliphatic rings. The van der Waals surface area contributed by atoms with E-state index in [4.69, 9.17) is 5.26 Å². The Morgan fingerprint density at radius 1 is 1.33 bits per heavy atom. The first kappa shape index (κ1) is 15.0. The fourth-order valence-corrected chi connectivity index (χ4v) is 2.58. The van der Waals surface area contributed by atoms with E-state index in [0.29, 0.717) is 0 Å². The number of carbonyl (C=O) groups is 1. The van der Waals surface area contributed by atoms with E-state index in [2.05, 4.69) is 25.1 Å². The molecule has 0 aromatic rings. The van der Waals surface area contributed by atoms with E-state index >= 15 is 0 Å². The third-order valence-electron chi connectivity index (χ3n) is 4.21. The minimum absolute atomic E-state index is 0.0411. The zero-order valence-corrected chi connectivity index (χ0v) is 12.2. The summed E-state index contributed by atoms with van der Waals surface area (Å²) in [5.74, 6) is -0.489. The molecule has 1 saturated carbocycles. The van der Waals surface area contributed by atoms with Crippen LogP contribution in [-0.2, 0) is 4.79 Å². The molecule has 1 unspecified atom stereocenters. The van der Waals surface area contributed by atoms with Gasteiger partial charge >= 0.3 is 0 Å². The molecule has 4 heteroatoms. The van der Waals surface area contributed by atoms with Crippen LogP contribution in [-0.4, -0.2) is 48.9 Å². The van der Waals surface area contributed by atoms with E-state index < -0.39 is 5.92 Å². The zero-order chi connectivity index (χ0) is 13.9. The van der Waals surface area contributed by atoms with Crippen molar-refractivity contribution in [2.75, 3.05) is 27.7 Å². The van der Waals surface area contributed by atoms with Crippen molar-refractivity contribution in [3.05, 3.63) is 0 Å². The molecule has 0 saturated heterocycles. The predicted molar refractivity (Wildman–Crippen MR) is 71.8 cm³/mol. The maximum atomic E-state index is 12.2. The number of rotatable bonds is 5. The van der Waals surface area contributed by atoms with Crippen molar-refractivity contribution >= 4 is 5.91 Å². The Bertz CT molecular complexity index is 339. The van der Waals surface area contributed by atoms with Gasteiger partial charge in [0.2, 0.25) is 5.91 Å². The standard InChI is InChI=1S/C14H25N3O/c1-11(2)12(9-15)13(18)17(5)10-14(16(3)4)7-6-8-14/h11-12H,6-8,10H2,1-5H3. The van der Waals surface area contributed by atoms with E-state index in [0.717, 1.165) is 19.4 Å². The molecule has 0 spiro atoms. The zero-order valence-electron chi connectivity index (χ0n) is 12.2. The number of nitriles is 1. The Balaban J connectivity index is 2.68. The molecule has 1 rings (SSSR count). The van der Waals surface area contributed by atoms with Gasteiger partial charge < -0.3 is 9.80 Å². The fourth-order valence-electron chi connectivity index (χ4n) is 2.58. The molecule has 0 aliphatic heterocycles. The van der Waals surface area contributed by atoms with Crippen molar-refractivity contribution in [1.29, 1.82) is 5.26 Å². The Kier molecular flexibility index (Phi) is 4.75. The maximum Gasteiger partial charge on any atom is 0.239 e. The van der Waals surface area contributed by atoms with Gasteiger partial charge in [-0.25, -0.2) is 0 Å². The Labute approximate surface area is 111 Å². The highest BCUT2D eigenvalue weighted by Crippen LogP contribution is 2.36. The van der Waals surface area contributed by atoms with E-state index in [1.807, 2.05) is 20.9 Å². The molecule has 0 heterocycles. The molecule has 1 aliphatic carbocycles. The lowest BCUT2D eigenvalue weighted by atomic mass is 9.75. The number of likely N-dealkylation sites (N-methyl/N-ethyl adjacent to an activating group) is 2. The van der Waals surface area contributed by atoms with Crippen molar-refractivity contribution < 1.29 is 4.79 Å². The molecule has 0 radical (unpaired) electrons. The monoisotopic (exact) mass is 251 g/mol. The topological polar surface area (TPSA) is 47.3 Å². The summed E-state index contributed by atoms with van der Waals surface area (Å²) in [5, 5.41) is 9.09. The predicted octanol–water partition coefficient (Wildman–Crippen LogP) is 1.72. The smallest absolute Gasteiger partial charge is 0.239 e. The van der Waals surface area contributed by atoms with Crippen LogP contribution in [0.15, 0.2) is 0 Å². The second kappa shape index (κ2) is 5.71. The van der Waals surface area contributed by atoms with Crippen molar-refractivity contribution in [2.24, 2.45) is 11.8 Å². The fraction of sp³-hybridized carbons (Fsp3) is 0.857. The summed E-state index contributed by atoms with van der Waals surface area (Å²) < 4.78 is 0. The molecular formula is C14H25N3O. The Hall–Kier alpha value is -1.08. The largest absolute Gasteiger partial charge is 0.343 e. The summed E-state index contributed by atoms with van der Waals surface area (Å²) in [4.78, 5) is 16.2. The molecular weight excluding hydrogens is 226 g/mol. The SMILES string of the molecule is CC(C)C(C#N)C(=O)N(C)CC1(N(C)C)CCC1. The second-order valence-electron chi connectivity index (χ2n) is 6.02. The Morgan fingerprint density at radius 3 is 2.17 bits per heavy atom. The molecule has 1 amide bonds. The van der Waals surface area contributed by atoms with Crippen molar-refractivity contribution in [3.8, 4) is 6.07 Å². The average molecular weight is 251 g/mol. The minimum Gasteiger partial charge on any atom is -0.343 e. The molecule has 0 aromatic carbocycles. The highest BCUT2D eigenvalue weighted by molar-refractivity contribution is 5.81. The van der Waals surface area contributed by atoms with Gasteiger partial charge in [-0.2, -0.15) is 5.26 Å². The van der Waals surface area contributed by atoms with E-state index in [1.165, 1.54) is 6.42 Å². The van der Waals surface area contributed by atoms with Crippen LogP contribution in [0.4, 0.5) is 0 Å². The molecule has 18 heavy (non-hydrogen) atoms. The van der Waals surface area contributed by atoms with E-state index in [9.17, 15) is 4.79 Å². The number of hydrogen-bond acceptors (Lipinski definition) is 3. The summed E-state index contributed by atoms with van der Waals surface area (Å²) in [7, 11) is 5.96. The van der Waals surface area contributed by atoms with Crippen LogP contribution in [0.5, 0.6) is 0 Å². The quantitative estimate of drug-likeness (QED) is 0.747. The van der Waals surface area contributed by atoms with Crippen LogP contribution in [0.2, 0.25) is 0 Å². The minimum atomic E-state index is -0.519. The van der Waals surface area contributed by atoms with Gasteiger partial charge in [-0.05, 0) is 39.3 Å². The summed E-state index contributed by atoms with van der Waals surface area (Å²) in [6, 6.07) is 2.13. The summed E-state index contributed by atoms with van der Waals surface area (Å²) in [6.45, 7) is 4.57. The van der Waals surface area contributed by atoms with Gasteiger partial charge in [0.15, 0.2) is 0 Å². The molecule has 0 bridgehead atoms. The molecule has 0 aromatic heterocycles. The van der Waals surface area contributed by atoms with Gasteiger partial charge in [0.05, 0.1) is 6.07 Å². The third-order valence-corrected chi connectivity index (χ3v) is 4.21. The number of hydrogen-bond donors (Lipinski definition) is 0. The van der Waals surface area contributed by atoms with Crippen LogP contribution in [0.3, 0.4) is 0 Å². The van der Waals surface area contributed by atoms with Crippen LogP contribution in [0, 0.1) is 23.2 Å². The average Bonchev–Trinajstić information content (AvgIpc) is 2.22. The van der Waals surface area contributed by atoms with Gasteiger partial charge in [0.1, 0.15) is 5.92 Å². The molecule has 4 nitrogen and oxygen atoms in total. The highest BCUT2D eigenvalue weighted by atomic mass is 16.2. The normalized spacial score (nSPS) is 19.2. The van der Waals surface area contributed by atoms with Crippen LogP contribution in [0.1, 0.15) is 33.1 Å². The van der Waals surface area contributed by atoms with Crippen molar-refractivity contribution in [3.63, 3.8) is 0 Å². The van der Waals surface area contributed by atoms with E-state index in [1.54, 1.807) is 4.90 Å². The number of nitrogens with zero attached hydrogens (tertiary/aromatic N) is 3. The highest BCUT2D eigenvalue weighted by Gasteiger charge is 2.41. The summed E-state index contributed by atoms with van der Waals surface area (Å²) in [5.41, 5.74) is 0.126.